The van der Waals surface area contributed by atoms with Crippen LogP contribution < -0.4 is 11.2 Å². The first-order valence-corrected chi connectivity index (χ1v) is 7.39. The van der Waals surface area contributed by atoms with Crippen LogP contribution in [-0.2, 0) is 16.5 Å². The van der Waals surface area contributed by atoms with Crippen LogP contribution in [0, 0.1) is 5.92 Å². The molecule has 3 N–H and O–H groups in total. The van der Waals surface area contributed by atoms with Crippen LogP contribution in [0.1, 0.15) is 19.4 Å². The van der Waals surface area contributed by atoms with Gasteiger partial charge in [0.05, 0.1) is 15.8 Å². The average molecular weight is 298 g/mol. The topological polar surface area (TPSA) is 120 Å². The van der Waals surface area contributed by atoms with E-state index in [0.717, 1.165) is 6.07 Å². The quantitative estimate of drug-likeness (QED) is 0.719. The SMILES string of the molecule is CC(C)Cc1cc2[nH]c(=O)[nH]c(=O)c2cc1S(=O)(=O)O. The smallest absolute Gasteiger partial charge is 0.307 e. The predicted molar refractivity (Wildman–Crippen MR) is 73.5 cm³/mol. The fourth-order valence-corrected chi connectivity index (χ4v) is 2.82. The van der Waals surface area contributed by atoms with Crippen molar-refractivity contribution in [3.63, 3.8) is 0 Å². The van der Waals surface area contributed by atoms with Crippen LogP contribution in [0.15, 0.2) is 26.6 Å². The van der Waals surface area contributed by atoms with Crippen molar-refractivity contribution in [2.75, 3.05) is 0 Å². The Hall–Kier alpha value is -1.93. The molecule has 0 bridgehead atoms. The monoisotopic (exact) mass is 298 g/mol. The normalized spacial score (nSPS) is 12.2. The Morgan fingerprint density at radius 1 is 1.20 bits per heavy atom. The number of nitrogens with one attached hydrogen (secondary N) is 2. The Morgan fingerprint density at radius 3 is 2.40 bits per heavy atom. The van der Waals surface area contributed by atoms with Gasteiger partial charge in [-0.25, -0.2) is 4.79 Å². The molecule has 0 amide bonds. The lowest BCUT2D eigenvalue weighted by molar-refractivity contribution is 0.481. The highest BCUT2D eigenvalue weighted by Crippen LogP contribution is 2.22. The fraction of sp³-hybridized carbons (Fsp3) is 0.333. The van der Waals surface area contributed by atoms with Crippen LogP contribution in [0.5, 0.6) is 0 Å². The summed E-state index contributed by atoms with van der Waals surface area (Å²) in [6, 6.07) is 2.49. The zero-order valence-electron chi connectivity index (χ0n) is 10.9. The van der Waals surface area contributed by atoms with E-state index in [1.807, 2.05) is 18.8 Å². The van der Waals surface area contributed by atoms with Gasteiger partial charge in [0.25, 0.3) is 15.7 Å². The van der Waals surface area contributed by atoms with Gasteiger partial charge in [-0.15, -0.1) is 0 Å². The minimum absolute atomic E-state index is 0.00438. The molecule has 0 radical (unpaired) electrons. The summed E-state index contributed by atoms with van der Waals surface area (Å²) in [5.74, 6) is 0.140. The number of fused-ring (bicyclic) bond motifs is 1. The first kappa shape index (κ1) is 14.5. The van der Waals surface area contributed by atoms with E-state index < -0.39 is 21.4 Å². The summed E-state index contributed by atoms with van der Waals surface area (Å²) in [6.07, 6.45) is 0.389. The number of H-pyrrole nitrogens is 2. The van der Waals surface area contributed by atoms with Crippen molar-refractivity contribution in [3.05, 3.63) is 38.5 Å². The van der Waals surface area contributed by atoms with Crippen LogP contribution in [-0.4, -0.2) is 22.9 Å². The maximum Gasteiger partial charge on any atom is 0.326 e. The van der Waals surface area contributed by atoms with Gasteiger partial charge in [-0.2, -0.15) is 8.42 Å². The molecular formula is C12H14N2O5S. The van der Waals surface area contributed by atoms with E-state index in [9.17, 15) is 22.6 Å². The molecule has 0 spiro atoms. The highest BCUT2D eigenvalue weighted by molar-refractivity contribution is 7.85. The lowest BCUT2D eigenvalue weighted by atomic mass is 10.0. The molecule has 0 aliphatic carbocycles. The number of hydrogen-bond donors (Lipinski definition) is 3. The molecule has 0 aliphatic heterocycles. The lowest BCUT2D eigenvalue weighted by Crippen LogP contribution is -2.22. The highest BCUT2D eigenvalue weighted by Gasteiger charge is 2.18. The molecule has 0 saturated carbocycles. The molecule has 1 aromatic carbocycles. The second-order valence-corrected chi connectivity index (χ2v) is 6.38. The highest BCUT2D eigenvalue weighted by atomic mass is 32.2. The molecule has 0 unspecified atom stereocenters. The predicted octanol–water partition coefficient (Wildman–Crippen LogP) is 0.662. The van der Waals surface area contributed by atoms with E-state index in [-0.39, 0.29) is 21.7 Å². The minimum Gasteiger partial charge on any atom is -0.307 e. The Balaban J connectivity index is 2.89. The number of rotatable bonds is 3. The second kappa shape index (κ2) is 4.88. The summed E-state index contributed by atoms with van der Waals surface area (Å²) in [6.45, 7) is 3.77. The molecule has 0 fully saturated rings. The molecule has 0 atom stereocenters. The Morgan fingerprint density at radius 2 is 1.85 bits per heavy atom. The third-order valence-electron chi connectivity index (χ3n) is 2.83. The molecule has 2 rings (SSSR count). The fourth-order valence-electron chi connectivity index (χ4n) is 2.08. The van der Waals surface area contributed by atoms with Gasteiger partial charge in [-0.05, 0) is 30.0 Å². The van der Waals surface area contributed by atoms with E-state index >= 15 is 0 Å². The lowest BCUT2D eigenvalue weighted by Gasteiger charge is -2.10. The van der Waals surface area contributed by atoms with E-state index in [2.05, 4.69) is 4.98 Å². The van der Waals surface area contributed by atoms with Gasteiger partial charge in [0.2, 0.25) is 0 Å². The van der Waals surface area contributed by atoms with Crippen molar-refractivity contribution in [2.24, 2.45) is 5.92 Å². The molecule has 2 aromatic rings. The minimum atomic E-state index is -4.44. The van der Waals surface area contributed by atoms with Crippen molar-refractivity contribution < 1.29 is 13.0 Å². The molecule has 0 aliphatic rings. The summed E-state index contributed by atoms with van der Waals surface area (Å²) in [4.78, 5) is 27.0. The van der Waals surface area contributed by atoms with Crippen LogP contribution in [0.4, 0.5) is 0 Å². The van der Waals surface area contributed by atoms with Gasteiger partial charge in [0, 0.05) is 0 Å². The van der Waals surface area contributed by atoms with Gasteiger partial charge in [0.1, 0.15) is 0 Å². The molecule has 7 nitrogen and oxygen atoms in total. The van der Waals surface area contributed by atoms with E-state index in [0.29, 0.717) is 12.0 Å². The summed E-state index contributed by atoms with van der Waals surface area (Å²) < 4.78 is 32.1. The van der Waals surface area contributed by atoms with Gasteiger partial charge < -0.3 is 4.98 Å². The molecule has 8 heteroatoms. The first-order chi connectivity index (χ1) is 9.18. The molecule has 1 heterocycles. The Labute approximate surface area is 114 Å². The maximum absolute atomic E-state index is 11.7. The van der Waals surface area contributed by atoms with E-state index in [1.165, 1.54) is 6.07 Å². The summed E-state index contributed by atoms with van der Waals surface area (Å²) in [5.41, 5.74) is -0.777. The largest absolute Gasteiger partial charge is 0.326 e. The standard InChI is InChI=1S/C12H14N2O5S/c1-6(2)3-7-4-9-8(5-10(7)20(17,18)19)11(15)14-12(16)13-9/h4-6H,3H2,1-2H3,(H,17,18,19)(H2,13,14,15,16). The number of benzene rings is 1. The van der Waals surface area contributed by atoms with Crippen molar-refractivity contribution in [2.45, 2.75) is 25.2 Å². The third-order valence-corrected chi connectivity index (χ3v) is 3.76. The Kier molecular flexibility index (Phi) is 3.53. The van der Waals surface area contributed by atoms with Crippen LogP contribution >= 0.6 is 0 Å². The van der Waals surface area contributed by atoms with Crippen LogP contribution in [0.2, 0.25) is 0 Å². The van der Waals surface area contributed by atoms with Crippen molar-refractivity contribution in [1.29, 1.82) is 0 Å². The summed E-state index contributed by atoms with van der Waals surface area (Å²) in [7, 11) is -4.44. The molecule has 108 valence electrons. The Bertz CT molecular complexity index is 877. The summed E-state index contributed by atoms with van der Waals surface area (Å²) in [5, 5.41) is 0.00438. The molecular weight excluding hydrogens is 284 g/mol. The zero-order chi connectivity index (χ0) is 15.1. The number of hydrogen-bond acceptors (Lipinski definition) is 4. The zero-order valence-corrected chi connectivity index (χ0v) is 11.7. The van der Waals surface area contributed by atoms with Crippen molar-refractivity contribution in [3.8, 4) is 0 Å². The van der Waals surface area contributed by atoms with Crippen LogP contribution in [0.3, 0.4) is 0 Å². The van der Waals surface area contributed by atoms with Crippen molar-refractivity contribution in [1.82, 2.24) is 9.97 Å². The third kappa shape index (κ3) is 2.81. The van der Waals surface area contributed by atoms with Crippen LogP contribution in [0.25, 0.3) is 10.9 Å². The number of aromatic amines is 2. The van der Waals surface area contributed by atoms with Crippen molar-refractivity contribution >= 4 is 21.0 Å². The van der Waals surface area contributed by atoms with Gasteiger partial charge in [-0.3, -0.25) is 14.3 Å². The first-order valence-electron chi connectivity index (χ1n) is 5.95. The maximum atomic E-state index is 11.7. The van der Waals surface area contributed by atoms with E-state index in [4.69, 9.17) is 0 Å². The molecule has 0 saturated heterocycles. The van der Waals surface area contributed by atoms with E-state index in [1.54, 1.807) is 0 Å². The summed E-state index contributed by atoms with van der Waals surface area (Å²) >= 11 is 0. The number of aromatic nitrogens is 2. The molecule has 20 heavy (non-hydrogen) atoms. The average Bonchev–Trinajstić information content (AvgIpc) is 2.25. The van der Waals surface area contributed by atoms with Gasteiger partial charge in [0.15, 0.2) is 0 Å². The second-order valence-electron chi connectivity index (χ2n) is 4.99. The van der Waals surface area contributed by atoms with Gasteiger partial charge in [-0.1, -0.05) is 13.8 Å². The molecule has 1 aromatic heterocycles. The van der Waals surface area contributed by atoms with Gasteiger partial charge >= 0.3 is 5.69 Å².